The fraction of sp³-hybridized carbons (Fsp3) is 0.219. The number of ether oxygens (including phenoxy) is 3. The molecule has 7 nitrogen and oxygen atoms in total. The van der Waals surface area contributed by atoms with Crippen molar-refractivity contribution >= 4 is 23.0 Å². The topological polar surface area (TPSA) is 80.3 Å². The molecule has 0 spiro atoms. The van der Waals surface area contributed by atoms with Crippen LogP contribution in [0.3, 0.4) is 0 Å². The number of hydrogen-bond donors (Lipinski definition) is 2. The minimum absolute atomic E-state index is 0.0133. The fourth-order valence-corrected chi connectivity index (χ4v) is 5.31. The second-order valence-electron chi connectivity index (χ2n) is 9.23. The van der Waals surface area contributed by atoms with E-state index in [-0.39, 0.29) is 5.75 Å². The van der Waals surface area contributed by atoms with Crippen LogP contribution in [0.15, 0.2) is 84.9 Å². The van der Waals surface area contributed by atoms with E-state index < -0.39 is 11.6 Å². The van der Waals surface area contributed by atoms with Crippen molar-refractivity contribution < 1.29 is 24.1 Å². The van der Waals surface area contributed by atoms with Gasteiger partial charge in [0.05, 0.1) is 25.5 Å². The number of benzene rings is 4. The minimum Gasteiger partial charge on any atom is -0.507 e. The third kappa shape index (κ3) is 4.40. The first-order valence-corrected chi connectivity index (χ1v) is 13.0. The first-order valence-electron chi connectivity index (χ1n) is 13.0. The van der Waals surface area contributed by atoms with Crippen molar-refractivity contribution in [3.63, 3.8) is 0 Å². The molecule has 0 bridgehead atoms. The Labute approximate surface area is 228 Å². The summed E-state index contributed by atoms with van der Waals surface area (Å²) < 4.78 is 17.8. The SMILES string of the molecule is CCN(CC)c1ccc(C2(c3cc(Nc4ccccc4)c(OC)cc3OC)OC(=O)c3ccccc32)c(O)c1. The Bertz CT molecular complexity index is 1500. The molecule has 1 heterocycles. The van der Waals surface area contributed by atoms with E-state index in [0.29, 0.717) is 39.4 Å². The monoisotopic (exact) mass is 524 g/mol. The highest BCUT2D eigenvalue weighted by molar-refractivity contribution is 5.97. The van der Waals surface area contributed by atoms with Crippen molar-refractivity contribution in [2.45, 2.75) is 19.4 Å². The van der Waals surface area contributed by atoms with Crippen molar-refractivity contribution in [1.82, 2.24) is 0 Å². The number of carbonyl (C=O) groups is 1. The molecule has 0 radical (unpaired) electrons. The van der Waals surface area contributed by atoms with Crippen LogP contribution < -0.4 is 19.7 Å². The van der Waals surface area contributed by atoms with E-state index in [4.69, 9.17) is 14.2 Å². The number of phenols is 1. The van der Waals surface area contributed by atoms with Gasteiger partial charge in [0.2, 0.25) is 0 Å². The van der Waals surface area contributed by atoms with Gasteiger partial charge in [-0.2, -0.15) is 0 Å². The number of aromatic hydroxyl groups is 1. The maximum Gasteiger partial charge on any atom is 0.340 e. The van der Waals surface area contributed by atoms with Crippen LogP contribution in [0.1, 0.15) is 40.9 Å². The molecule has 0 aromatic heterocycles. The second kappa shape index (κ2) is 10.6. The molecule has 4 aromatic rings. The van der Waals surface area contributed by atoms with Gasteiger partial charge in [0.1, 0.15) is 17.2 Å². The average molecular weight is 525 g/mol. The Kier molecular flexibility index (Phi) is 7.07. The normalized spacial score (nSPS) is 15.8. The first-order chi connectivity index (χ1) is 19.0. The number of methoxy groups -OCH3 is 2. The highest BCUT2D eigenvalue weighted by Gasteiger charge is 2.51. The predicted octanol–water partition coefficient (Wildman–Crippen LogP) is 6.46. The Morgan fingerprint density at radius 1 is 0.821 bits per heavy atom. The van der Waals surface area contributed by atoms with Gasteiger partial charge in [0, 0.05) is 53.3 Å². The van der Waals surface area contributed by atoms with Crippen molar-refractivity contribution in [2.75, 3.05) is 37.5 Å². The molecular formula is C32H32N2O5. The number of hydrogen-bond acceptors (Lipinski definition) is 7. The molecule has 2 N–H and O–H groups in total. The van der Waals surface area contributed by atoms with Gasteiger partial charge in [-0.1, -0.05) is 36.4 Å². The maximum absolute atomic E-state index is 13.3. The van der Waals surface area contributed by atoms with Gasteiger partial charge in [-0.05, 0) is 50.2 Å². The molecule has 0 saturated heterocycles. The van der Waals surface area contributed by atoms with Gasteiger partial charge in [0.15, 0.2) is 5.60 Å². The van der Waals surface area contributed by atoms with Gasteiger partial charge >= 0.3 is 5.97 Å². The first kappa shape index (κ1) is 26.0. The van der Waals surface area contributed by atoms with E-state index in [1.54, 1.807) is 38.5 Å². The van der Waals surface area contributed by atoms with E-state index in [1.807, 2.05) is 60.7 Å². The molecule has 1 aliphatic heterocycles. The molecule has 39 heavy (non-hydrogen) atoms. The zero-order chi connectivity index (χ0) is 27.6. The lowest BCUT2D eigenvalue weighted by atomic mass is 9.78. The summed E-state index contributed by atoms with van der Waals surface area (Å²) in [6, 6.07) is 26.1. The molecule has 1 atom stereocenters. The average Bonchev–Trinajstić information content (AvgIpc) is 3.27. The zero-order valence-electron chi connectivity index (χ0n) is 22.5. The van der Waals surface area contributed by atoms with Crippen molar-refractivity contribution in [3.05, 3.63) is 107 Å². The summed E-state index contributed by atoms with van der Waals surface area (Å²) in [6.07, 6.45) is 0. The van der Waals surface area contributed by atoms with Crippen LogP contribution >= 0.6 is 0 Å². The predicted molar refractivity (Wildman–Crippen MR) is 153 cm³/mol. The van der Waals surface area contributed by atoms with Crippen LogP contribution in [0.2, 0.25) is 0 Å². The maximum atomic E-state index is 13.3. The van der Waals surface area contributed by atoms with Crippen LogP contribution in [0.25, 0.3) is 0 Å². The Morgan fingerprint density at radius 2 is 1.51 bits per heavy atom. The lowest BCUT2D eigenvalue weighted by molar-refractivity contribution is 0.0239. The Morgan fingerprint density at radius 3 is 2.18 bits per heavy atom. The lowest BCUT2D eigenvalue weighted by Crippen LogP contribution is -2.31. The van der Waals surface area contributed by atoms with Crippen LogP contribution in [0, 0.1) is 0 Å². The molecule has 0 fully saturated rings. The van der Waals surface area contributed by atoms with Gasteiger partial charge in [-0.25, -0.2) is 4.79 Å². The number of carbonyl (C=O) groups excluding carboxylic acids is 1. The summed E-state index contributed by atoms with van der Waals surface area (Å²) in [5.74, 6) is 0.531. The second-order valence-corrected chi connectivity index (χ2v) is 9.23. The van der Waals surface area contributed by atoms with Gasteiger partial charge < -0.3 is 29.5 Å². The van der Waals surface area contributed by atoms with Crippen LogP contribution in [0.5, 0.6) is 17.2 Å². The van der Waals surface area contributed by atoms with Crippen LogP contribution in [-0.2, 0) is 10.3 Å². The number of anilines is 3. The molecule has 0 saturated carbocycles. The number of fused-ring (bicyclic) bond motifs is 1. The van der Waals surface area contributed by atoms with Crippen LogP contribution in [0.4, 0.5) is 17.1 Å². The number of esters is 1. The Balaban J connectivity index is 1.79. The summed E-state index contributed by atoms with van der Waals surface area (Å²) in [6.45, 7) is 5.71. The highest BCUT2D eigenvalue weighted by Crippen LogP contribution is 2.54. The lowest BCUT2D eigenvalue weighted by Gasteiger charge is -2.33. The number of nitrogens with zero attached hydrogens (tertiary/aromatic N) is 1. The van der Waals surface area contributed by atoms with Crippen molar-refractivity contribution in [1.29, 1.82) is 0 Å². The summed E-state index contributed by atoms with van der Waals surface area (Å²) in [4.78, 5) is 15.5. The van der Waals surface area contributed by atoms with Gasteiger partial charge in [-0.3, -0.25) is 0 Å². The molecule has 0 aliphatic carbocycles. The molecule has 1 aliphatic rings. The number of para-hydroxylation sites is 1. The molecule has 1 unspecified atom stereocenters. The van der Waals surface area contributed by atoms with E-state index in [9.17, 15) is 9.90 Å². The summed E-state index contributed by atoms with van der Waals surface area (Å²) in [5.41, 5.74) is 2.95. The summed E-state index contributed by atoms with van der Waals surface area (Å²) >= 11 is 0. The largest absolute Gasteiger partial charge is 0.507 e. The molecule has 5 rings (SSSR count). The molecule has 200 valence electrons. The van der Waals surface area contributed by atoms with E-state index >= 15 is 0 Å². The third-order valence-electron chi connectivity index (χ3n) is 7.21. The van der Waals surface area contributed by atoms with E-state index in [1.165, 1.54) is 0 Å². The fourth-order valence-electron chi connectivity index (χ4n) is 5.31. The van der Waals surface area contributed by atoms with Gasteiger partial charge in [0.25, 0.3) is 0 Å². The highest BCUT2D eigenvalue weighted by atomic mass is 16.6. The van der Waals surface area contributed by atoms with E-state index in [0.717, 1.165) is 24.5 Å². The Hall–Kier alpha value is -4.65. The zero-order valence-corrected chi connectivity index (χ0v) is 22.5. The molecule has 4 aromatic carbocycles. The number of rotatable bonds is 9. The molecule has 7 heteroatoms. The quantitative estimate of drug-likeness (QED) is 0.243. The standard InChI is InChI=1S/C32H32N2O5/c1-5-34(6-2)22-16-17-25(28(35)18-22)32(24-15-11-10-14-23(24)31(36)39-32)26-19-27(30(38-4)20-29(26)37-3)33-21-12-8-7-9-13-21/h7-20,33,35H,5-6H2,1-4H3. The minimum atomic E-state index is -1.47. The third-order valence-corrected chi connectivity index (χ3v) is 7.21. The van der Waals surface area contributed by atoms with Crippen molar-refractivity contribution in [2.24, 2.45) is 0 Å². The molecule has 0 amide bonds. The molecular weight excluding hydrogens is 492 g/mol. The van der Waals surface area contributed by atoms with E-state index in [2.05, 4.69) is 24.1 Å². The number of phenolic OH excluding ortho intramolecular Hbond substituents is 1. The van der Waals surface area contributed by atoms with Gasteiger partial charge in [-0.15, -0.1) is 0 Å². The number of nitrogens with one attached hydrogen (secondary N) is 1. The number of cyclic esters (lactones) is 1. The summed E-state index contributed by atoms with van der Waals surface area (Å²) in [5, 5.41) is 14.9. The summed E-state index contributed by atoms with van der Waals surface area (Å²) in [7, 11) is 3.14. The smallest absolute Gasteiger partial charge is 0.340 e. The van der Waals surface area contributed by atoms with Crippen LogP contribution in [-0.4, -0.2) is 38.4 Å². The van der Waals surface area contributed by atoms with Crippen molar-refractivity contribution in [3.8, 4) is 17.2 Å².